The lowest BCUT2D eigenvalue weighted by molar-refractivity contribution is 0.0714. The molecule has 1 aromatic heterocycles. The zero-order valence-corrected chi connectivity index (χ0v) is 13.0. The fraction of sp³-hybridized carbons (Fsp3) is 0.235. The molecule has 25 heavy (non-hydrogen) atoms. The van der Waals surface area contributed by atoms with Crippen LogP contribution in [0.3, 0.4) is 0 Å². The number of hydrogen-bond donors (Lipinski definition) is 2. The van der Waals surface area contributed by atoms with E-state index in [1.807, 2.05) is 0 Å². The van der Waals surface area contributed by atoms with Gasteiger partial charge in [-0.2, -0.15) is 0 Å². The third kappa shape index (κ3) is 3.34. The van der Waals surface area contributed by atoms with Crippen molar-refractivity contribution in [2.24, 2.45) is 5.73 Å². The Hall–Kier alpha value is -2.87. The van der Waals surface area contributed by atoms with E-state index in [0.29, 0.717) is 5.56 Å². The Morgan fingerprint density at radius 1 is 1.20 bits per heavy atom. The minimum atomic E-state index is -1.02. The van der Waals surface area contributed by atoms with Crippen LogP contribution in [0.25, 0.3) is 0 Å². The molecule has 3 rings (SSSR count). The van der Waals surface area contributed by atoms with E-state index in [9.17, 15) is 23.5 Å². The van der Waals surface area contributed by atoms with Crippen LogP contribution in [0.1, 0.15) is 38.9 Å². The van der Waals surface area contributed by atoms with Crippen molar-refractivity contribution in [1.82, 2.24) is 9.88 Å². The Kier molecular flexibility index (Phi) is 4.45. The number of hydrogen-bond acceptors (Lipinski definition) is 4. The van der Waals surface area contributed by atoms with Crippen LogP contribution >= 0.6 is 0 Å². The van der Waals surface area contributed by atoms with Gasteiger partial charge in [-0.15, -0.1) is 0 Å². The molecule has 2 atom stereocenters. The number of benzene rings is 1. The molecule has 2 amide bonds. The number of carbonyl (C=O) groups excluding carboxylic acids is 2. The lowest BCUT2D eigenvalue weighted by Gasteiger charge is -2.25. The molecule has 0 aliphatic carbocycles. The molecule has 130 valence electrons. The van der Waals surface area contributed by atoms with Crippen molar-refractivity contribution in [3.8, 4) is 0 Å². The summed E-state index contributed by atoms with van der Waals surface area (Å²) < 4.78 is 26.6. The summed E-state index contributed by atoms with van der Waals surface area (Å²) in [7, 11) is 0. The van der Waals surface area contributed by atoms with Crippen molar-refractivity contribution in [3.63, 3.8) is 0 Å². The molecule has 8 heteroatoms. The number of nitrogens with two attached hydrogens (primary N) is 1. The number of nitrogens with zero attached hydrogens (tertiary/aromatic N) is 2. The lowest BCUT2D eigenvalue weighted by atomic mass is 10.0. The van der Waals surface area contributed by atoms with Gasteiger partial charge in [0.25, 0.3) is 11.8 Å². The molecular weight excluding hydrogens is 332 g/mol. The summed E-state index contributed by atoms with van der Waals surface area (Å²) in [6.45, 7) is 0.0556. The largest absolute Gasteiger partial charge is 0.391 e. The number of β-amino-alcohol motifs (C(OH)–C–C–N with tert-alkyl or cyclic N) is 1. The third-order valence-electron chi connectivity index (χ3n) is 4.13. The highest BCUT2D eigenvalue weighted by Crippen LogP contribution is 2.34. The maximum Gasteiger partial charge on any atom is 0.267 e. The van der Waals surface area contributed by atoms with Gasteiger partial charge in [-0.25, -0.2) is 8.78 Å². The zero-order valence-electron chi connectivity index (χ0n) is 13.0. The monoisotopic (exact) mass is 347 g/mol. The highest BCUT2D eigenvalue weighted by molar-refractivity contribution is 5.96. The van der Waals surface area contributed by atoms with Crippen molar-refractivity contribution < 1.29 is 23.5 Å². The summed E-state index contributed by atoms with van der Waals surface area (Å²) in [5, 5.41) is 9.93. The fourth-order valence-corrected chi connectivity index (χ4v) is 2.91. The Labute approximate surface area is 141 Å². The van der Waals surface area contributed by atoms with Gasteiger partial charge in [0, 0.05) is 12.7 Å². The first-order chi connectivity index (χ1) is 11.9. The first-order valence-corrected chi connectivity index (χ1v) is 7.56. The standard InChI is InChI=1S/C17H15F2N3O3/c18-12-3-1-9(5-13(12)19)15-6-11(23)8-22(15)17(25)10-2-4-14(16(20)24)21-7-10/h1-5,7,11,15,23H,6,8H2,(H2,20,24)/t11-,15-/m1/s1. The second-order valence-electron chi connectivity index (χ2n) is 5.83. The van der Waals surface area contributed by atoms with Crippen LogP contribution in [0.2, 0.25) is 0 Å². The summed E-state index contributed by atoms with van der Waals surface area (Å²) in [4.78, 5) is 28.9. The van der Waals surface area contributed by atoms with E-state index >= 15 is 0 Å². The predicted octanol–water partition coefficient (Wildman–Crippen LogP) is 1.41. The predicted molar refractivity (Wildman–Crippen MR) is 83.5 cm³/mol. The number of amides is 2. The maximum absolute atomic E-state index is 13.5. The van der Waals surface area contributed by atoms with Crippen LogP contribution < -0.4 is 5.73 Å². The number of primary amides is 1. The number of carbonyl (C=O) groups is 2. The van der Waals surface area contributed by atoms with Gasteiger partial charge in [-0.05, 0) is 36.2 Å². The quantitative estimate of drug-likeness (QED) is 0.877. The Bertz CT molecular complexity index is 826. The summed E-state index contributed by atoms with van der Waals surface area (Å²) in [5.74, 6) is -3.14. The highest BCUT2D eigenvalue weighted by atomic mass is 19.2. The average Bonchev–Trinajstić information content (AvgIpc) is 2.98. The molecule has 0 unspecified atom stereocenters. The number of likely N-dealkylation sites (tertiary alicyclic amines) is 1. The molecule has 0 radical (unpaired) electrons. The van der Waals surface area contributed by atoms with E-state index in [2.05, 4.69) is 4.98 Å². The van der Waals surface area contributed by atoms with Crippen molar-refractivity contribution in [2.75, 3.05) is 6.54 Å². The van der Waals surface area contributed by atoms with Crippen LogP contribution in [-0.4, -0.2) is 39.5 Å². The number of aliphatic hydroxyl groups is 1. The normalized spacial score (nSPS) is 19.9. The number of aliphatic hydroxyl groups excluding tert-OH is 1. The van der Waals surface area contributed by atoms with Gasteiger partial charge < -0.3 is 15.7 Å². The minimum absolute atomic E-state index is 0.0233. The van der Waals surface area contributed by atoms with Crippen molar-refractivity contribution >= 4 is 11.8 Å². The number of aromatic nitrogens is 1. The van der Waals surface area contributed by atoms with E-state index in [1.54, 1.807) is 0 Å². The van der Waals surface area contributed by atoms with E-state index in [-0.39, 0.29) is 24.2 Å². The number of pyridine rings is 1. The first kappa shape index (κ1) is 17.0. The molecule has 2 heterocycles. The van der Waals surface area contributed by atoms with Gasteiger partial charge in [0.15, 0.2) is 11.6 Å². The highest BCUT2D eigenvalue weighted by Gasteiger charge is 2.36. The summed E-state index contributed by atoms with van der Waals surface area (Å²) >= 11 is 0. The van der Waals surface area contributed by atoms with Gasteiger partial charge in [0.05, 0.1) is 17.7 Å². The molecule has 0 saturated carbocycles. The zero-order chi connectivity index (χ0) is 18.1. The van der Waals surface area contributed by atoms with E-state index in [4.69, 9.17) is 5.73 Å². The molecule has 1 aliphatic rings. The minimum Gasteiger partial charge on any atom is -0.391 e. The van der Waals surface area contributed by atoms with Crippen molar-refractivity contribution in [3.05, 3.63) is 65.0 Å². The van der Waals surface area contributed by atoms with Gasteiger partial charge in [-0.1, -0.05) is 6.07 Å². The van der Waals surface area contributed by atoms with Crippen LogP contribution in [0.5, 0.6) is 0 Å². The molecule has 1 aliphatic heterocycles. The van der Waals surface area contributed by atoms with Crippen molar-refractivity contribution in [2.45, 2.75) is 18.6 Å². The first-order valence-electron chi connectivity index (χ1n) is 7.56. The summed E-state index contributed by atoms with van der Waals surface area (Å²) in [6, 6.07) is 5.54. The molecule has 1 fully saturated rings. The lowest BCUT2D eigenvalue weighted by Crippen LogP contribution is -2.32. The molecule has 1 saturated heterocycles. The van der Waals surface area contributed by atoms with E-state index in [0.717, 1.165) is 12.1 Å². The smallest absolute Gasteiger partial charge is 0.267 e. The Morgan fingerprint density at radius 2 is 1.96 bits per heavy atom. The van der Waals surface area contributed by atoms with Gasteiger partial charge >= 0.3 is 0 Å². The van der Waals surface area contributed by atoms with Crippen LogP contribution in [0, 0.1) is 11.6 Å². The second-order valence-corrected chi connectivity index (χ2v) is 5.83. The molecule has 1 aromatic carbocycles. The van der Waals surface area contributed by atoms with E-state index in [1.165, 1.54) is 29.3 Å². The van der Waals surface area contributed by atoms with Crippen LogP contribution in [0.4, 0.5) is 8.78 Å². The summed E-state index contributed by atoms with van der Waals surface area (Å²) in [6.07, 6.45) is 0.652. The Morgan fingerprint density at radius 3 is 2.56 bits per heavy atom. The van der Waals surface area contributed by atoms with Crippen LogP contribution in [0.15, 0.2) is 36.5 Å². The number of halogens is 2. The fourth-order valence-electron chi connectivity index (χ4n) is 2.91. The molecule has 3 N–H and O–H groups in total. The average molecular weight is 347 g/mol. The van der Waals surface area contributed by atoms with Crippen molar-refractivity contribution in [1.29, 1.82) is 0 Å². The van der Waals surface area contributed by atoms with Crippen LogP contribution in [-0.2, 0) is 0 Å². The molecule has 6 nitrogen and oxygen atoms in total. The molecule has 0 spiro atoms. The third-order valence-corrected chi connectivity index (χ3v) is 4.13. The summed E-state index contributed by atoms with van der Waals surface area (Å²) in [5.41, 5.74) is 5.73. The Balaban J connectivity index is 1.89. The van der Waals surface area contributed by atoms with Gasteiger partial charge in [0.1, 0.15) is 5.69 Å². The molecular formula is C17H15F2N3O3. The number of rotatable bonds is 3. The van der Waals surface area contributed by atoms with E-state index < -0.39 is 35.6 Å². The maximum atomic E-state index is 13.5. The SMILES string of the molecule is NC(=O)c1ccc(C(=O)N2C[C@H](O)C[C@@H]2c2ccc(F)c(F)c2)cn1. The molecule has 2 aromatic rings. The van der Waals surface area contributed by atoms with Gasteiger partial charge in [0.2, 0.25) is 0 Å². The second kappa shape index (κ2) is 6.56. The van der Waals surface area contributed by atoms with Gasteiger partial charge in [-0.3, -0.25) is 14.6 Å². The topological polar surface area (TPSA) is 96.5 Å². The molecule has 0 bridgehead atoms.